The molecule has 1 aromatic rings. The van der Waals surface area contributed by atoms with Crippen LogP contribution in [0.4, 0.5) is 0 Å². The maximum absolute atomic E-state index is 13.2. The van der Waals surface area contributed by atoms with Crippen molar-refractivity contribution < 1.29 is 14.4 Å². The van der Waals surface area contributed by atoms with Gasteiger partial charge in [0.1, 0.15) is 6.04 Å². The largest absolute Gasteiger partial charge is 0.324 e. The number of rotatable bonds is 5. The second kappa shape index (κ2) is 7.78. The van der Waals surface area contributed by atoms with Gasteiger partial charge in [0.15, 0.2) is 0 Å². The highest BCUT2D eigenvalue weighted by atomic mass is 16.2. The third-order valence-corrected chi connectivity index (χ3v) is 7.03. The van der Waals surface area contributed by atoms with Gasteiger partial charge in [-0.2, -0.15) is 0 Å². The van der Waals surface area contributed by atoms with Gasteiger partial charge >= 0.3 is 0 Å². The van der Waals surface area contributed by atoms with E-state index in [0.29, 0.717) is 30.5 Å². The standard InChI is InChI=1S/C23H32N4O3/c1-22(2)8-10-23(24,11-9-22)14-25-12-15-4-3-5-16-13-27(21(30)19(15)16)17-6-7-18(28)26-20(17)29/h3-5,17,25H,6-14,24H2,1-2H3,(H,26,28,29). The van der Waals surface area contributed by atoms with E-state index in [0.717, 1.165) is 43.4 Å². The molecule has 162 valence electrons. The number of hydrogen-bond acceptors (Lipinski definition) is 5. The summed E-state index contributed by atoms with van der Waals surface area (Å²) in [6, 6.07) is 5.28. The zero-order valence-corrected chi connectivity index (χ0v) is 17.9. The highest BCUT2D eigenvalue weighted by molar-refractivity contribution is 6.05. The number of carbonyl (C=O) groups is 3. The first kappa shape index (κ1) is 21.0. The Morgan fingerprint density at radius 2 is 1.90 bits per heavy atom. The molecule has 2 heterocycles. The third-order valence-electron chi connectivity index (χ3n) is 7.03. The topological polar surface area (TPSA) is 105 Å². The van der Waals surface area contributed by atoms with Crippen molar-refractivity contribution in [2.75, 3.05) is 6.54 Å². The van der Waals surface area contributed by atoms with E-state index in [1.165, 1.54) is 0 Å². The maximum Gasteiger partial charge on any atom is 0.255 e. The van der Waals surface area contributed by atoms with Gasteiger partial charge < -0.3 is 16.0 Å². The van der Waals surface area contributed by atoms with Gasteiger partial charge in [-0.05, 0) is 48.6 Å². The van der Waals surface area contributed by atoms with Gasteiger partial charge in [-0.25, -0.2) is 0 Å². The summed E-state index contributed by atoms with van der Waals surface area (Å²) < 4.78 is 0. The van der Waals surface area contributed by atoms with Gasteiger partial charge in [0.2, 0.25) is 11.8 Å². The minimum absolute atomic E-state index is 0.126. The number of imide groups is 1. The number of fused-ring (bicyclic) bond motifs is 1. The fourth-order valence-corrected chi connectivity index (χ4v) is 4.88. The van der Waals surface area contributed by atoms with Crippen LogP contribution in [0.25, 0.3) is 0 Å². The quantitative estimate of drug-likeness (QED) is 0.640. The minimum Gasteiger partial charge on any atom is -0.324 e. The van der Waals surface area contributed by atoms with Crippen molar-refractivity contribution in [3.63, 3.8) is 0 Å². The van der Waals surface area contributed by atoms with Gasteiger partial charge in [-0.1, -0.05) is 32.0 Å². The average Bonchev–Trinajstić information content (AvgIpc) is 3.02. The number of piperidine rings is 1. The highest BCUT2D eigenvalue weighted by Crippen LogP contribution is 2.39. The van der Waals surface area contributed by atoms with Crippen LogP contribution in [0.2, 0.25) is 0 Å². The van der Waals surface area contributed by atoms with E-state index in [2.05, 4.69) is 24.5 Å². The molecule has 3 aliphatic rings. The van der Waals surface area contributed by atoms with E-state index in [-0.39, 0.29) is 29.7 Å². The van der Waals surface area contributed by atoms with Gasteiger partial charge in [-0.3, -0.25) is 19.7 Å². The first-order valence-electron chi connectivity index (χ1n) is 10.9. The van der Waals surface area contributed by atoms with Gasteiger partial charge in [0.05, 0.1) is 0 Å². The number of nitrogens with zero attached hydrogens (tertiary/aromatic N) is 1. The molecule has 1 atom stereocenters. The zero-order valence-electron chi connectivity index (χ0n) is 17.9. The summed E-state index contributed by atoms with van der Waals surface area (Å²) >= 11 is 0. The lowest BCUT2D eigenvalue weighted by atomic mass is 9.70. The predicted molar refractivity (Wildman–Crippen MR) is 113 cm³/mol. The minimum atomic E-state index is -0.582. The summed E-state index contributed by atoms with van der Waals surface area (Å²) in [5, 5.41) is 5.83. The predicted octanol–water partition coefficient (Wildman–Crippen LogP) is 1.83. The van der Waals surface area contributed by atoms with Crippen molar-refractivity contribution >= 4 is 17.7 Å². The molecule has 0 spiro atoms. The first-order valence-corrected chi connectivity index (χ1v) is 10.9. The number of nitrogens with two attached hydrogens (primary N) is 1. The molecule has 0 aromatic heterocycles. The maximum atomic E-state index is 13.2. The lowest BCUT2D eigenvalue weighted by Gasteiger charge is -2.41. The molecule has 0 radical (unpaired) electrons. The van der Waals surface area contributed by atoms with Crippen LogP contribution in [0.5, 0.6) is 0 Å². The Morgan fingerprint density at radius 3 is 2.60 bits per heavy atom. The Bertz CT molecular complexity index is 869. The van der Waals surface area contributed by atoms with Crippen LogP contribution in [-0.4, -0.2) is 40.7 Å². The molecule has 30 heavy (non-hydrogen) atoms. The molecule has 1 saturated carbocycles. The number of benzene rings is 1. The fourth-order valence-electron chi connectivity index (χ4n) is 4.88. The molecule has 7 nitrogen and oxygen atoms in total. The smallest absolute Gasteiger partial charge is 0.255 e. The third kappa shape index (κ3) is 4.14. The molecule has 1 unspecified atom stereocenters. The number of hydrogen-bond donors (Lipinski definition) is 3. The van der Waals surface area contributed by atoms with E-state index in [1.807, 2.05) is 18.2 Å². The molecule has 4 N–H and O–H groups in total. The Balaban J connectivity index is 1.41. The van der Waals surface area contributed by atoms with E-state index in [1.54, 1.807) is 4.90 Å². The van der Waals surface area contributed by atoms with E-state index in [4.69, 9.17) is 5.73 Å². The van der Waals surface area contributed by atoms with Crippen molar-refractivity contribution in [2.24, 2.45) is 11.1 Å². The molecular weight excluding hydrogens is 380 g/mol. The Hall–Kier alpha value is -2.25. The molecule has 3 amide bonds. The Morgan fingerprint density at radius 1 is 1.17 bits per heavy atom. The number of nitrogens with one attached hydrogen (secondary N) is 2. The van der Waals surface area contributed by atoms with Crippen LogP contribution in [0.15, 0.2) is 18.2 Å². The molecular formula is C23H32N4O3. The zero-order chi connectivity index (χ0) is 21.5. The van der Waals surface area contributed by atoms with Gasteiger partial charge in [0.25, 0.3) is 5.91 Å². The summed E-state index contributed by atoms with van der Waals surface area (Å²) in [4.78, 5) is 38.4. The van der Waals surface area contributed by atoms with Crippen LogP contribution >= 0.6 is 0 Å². The first-order chi connectivity index (χ1) is 14.2. The lowest BCUT2D eigenvalue weighted by molar-refractivity contribution is -0.136. The van der Waals surface area contributed by atoms with Crippen LogP contribution in [0.1, 0.15) is 73.9 Å². The Labute approximate surface area is 177 Å². The number of carbonyl (C=O) groups excluding carboxylic acids is 3. The fraction of sp³-hybridized carbons (Fsp3) is 0.609. The molecule has 4 rings (SSSR count). The van der Waals surface area contributed by atoms with Crippen molar-refractivity contribution in [3.05, 3.63) is 34.9 Å². The van der Waals surface area contributed by atoms with Gasteiger partial charge in [0, 0.05) is 37.2 Å². The van der Waals surface area contributed by atoms with Crippen LogP contribution in [-0.2, 0) is 22.7 Å². The second-order valence-electron chi connectivity index (χ2n) is 9.98. The Kier molecular flexibility index (Phi) is 5.45. The van der Waals surface area contributed by atoms with Crippen molar-refractivity contribution in [1.29, 1.82) is 0 Å². The van der Waals surface area contributed by atoms with Crippen molar-refractivity contribution in [3.8, 4) is 0 Å². The molecule has 7 heteroatoms. The normalized spacial score (nSPS) is 25.2. The molecule has 0 bridgehead atoms. The molecule has 2 fully saturated rings. The lowest BCUT2D eigenvalue weighted by Crippen LogP contribution is -2.52. The SMILES string of the molecule is CC1(C)CCC(N)(CNCc2cccc3c2C(=O)N(C2CCC(=O)NC2=O)C3)CC1. The molecule has 1 aliphatic carbocycles. The summed E-state index contributed by atoms with van der Waals surface area (Å²) in [6.45, 7) is 6.29. The summed E-state index contributed by atoms with van der Waals surface area (Å²) in [7, 11) is 0. The monoisotopic (exact) mass is 412 g/mol. The summed E-state index contributed by atoms with van der Waals surface area (Å²) in [6.07, 6.45) is 4.91. The summed E-state index contributed by atoms with van der Waals surface area (Å²) in [5.41, 5.74) is 9.35. The molecule has 1 saturated heterocycles. The highest BCUT2D eigenvalue weighted by Gasteiger charge is 2.40. The van der Waals surface area contributed by atoms with Crippen molar-refractivity contribution in [1.82, 2.24) is 15.5 Å². The van der Waals surface area contributed by atoms with Crippen LogP contribution < -0.4 is 16.4 Å². The van der Waals surface area contributed by atoms with E-state index in [9.17, 15) is 14.4 Å². The number of amides is 3. The van der Waals surface area contributed by atoms with Gasteiger partial charge in [-0.15, -0.1) is 0 Å². The van der Waals surface area contributed by atoms with E-state index >= 15 is 0 Å². The summed E-state index contributed by atoms with van der Waals surface area (Å²) in [5.74, 6) is -0.775. The van der Waals surface area contributed by atoms with Crippen molar-refractivity contribution in [2.45, 2.75) is 77.0 Å². The van der Waals surface area contributed by atoms with Crippen LogP contribution in [0, 0.1) is 5.41 Å². The molecule has 2 aliphatic heterocycles. The van der Waals surface area contributed by atoms with Crippen LogP contribution in [0.3, 0.4) is 0 Å². The average molecular weight is 413 g/mol. The molecule has 1 aromatic carbocycles. The second-order valence-corrected chi connectivity index (χ2v) is 9.98. The van der Waals surface area contributed by atoms with E-state index < -0.39 is 6.04 Å².